The zero-order valence-electron chi connectivity index (χ0n) is 9.15. The largest absolute Gasteiger partial charge is 0.505 e. The zero-order chi connectivity index (χ0) is 12.7. The number of phenolic OH excluding ortho intramolecular Hbond substituents is 1. The van der Waals surface area contributed by atoms with Crippen LogP contribution in [-0.4, -0.2) is 5.11 Å². The molecule has 0 fully saturated rings. The highest BCUT2D eigenvalue weighted by Gasteiger charge is 2.09. The maximum absolute atomic E-state index is 13.3. The van der Waals surface area contributed by atoms with E-state index in [-0.39, 0.29) is 5.75 Å². The minimum absolute atomic E-state index is 0.377. The summed E-state index contributed by atoms with van der Waals surface area (Å²) in [6.45, 7) is 0. The van der Waals surface area contributed by atoms with Crippen molar-refractivity contribution in [3.8, 4) is 17.1 Å². The fourth-order valence-corrected chi connectivity index (χ4v) is 2.00. The summed E-state index contributed by atoms with van der Waals surface area (Å²) in [5, 5.41) is 10.6. The summed E-state index contributed by atoms with van der Waals surface area (Å²) < 4.78 is 18.9. The molecule has 0 aliphatic heterocycles. The van der Waals surface area contributed by atoms with Crippen LogP contribution in [0, 0.1) is 5.82 Å². The molecule has 2 aromatic carbocycles. The second-order valence-corrected chi connectivity index (χ2v) is 4.40. The van der Waals surface area contributed by atoms with E-state index in [1.807, 2.05) is 0 Å². The van der Waals surface area contributed by atoms with Crippen LogP contribution >= 0.6 is 11.6 Å². The number of fused-ring (bicyclic) bond motifs is 1. The quantitative estimate of drug-likeness (QED) is 0.695. The predicted molar refractivity (Wildman–Crippen MR) is 68.3 cm³/mol. The van der Waals surface area contributed by atoms with Crippen LogP contribution in [0.15, 0.2) is 46.9 Å². The van der Waals surface area contributed by atoms with Gasteiger partial charge < -0.3 is 9.52 Å². The van der Waals surface area contributed by atoms with Crippen molar-refractivity contribution in [1.82, 2.24) is 0 Å². The Kier molecular flexibility index (Phi) is 2.49. The monoisotopic (exact) mass is 262 g/mol. The molecule has 1 aromatic heterocycles. The second-order valence-electron chi connectivity index (χ2n) is 3.96. The summed E-state index contributed by atoms with van der Waals surface area (Å²) in [4.78, 5) is 0. The first-order valence-electron chi connectivity index (χ1n) is 5.31. The van der Waals surface area contributed by atoms with Gasteiger partial charge in [0.05, 0.1) is 0 Å². The van der Waals surface area contributed by atoms with E-state index in [4.69, 9.17) is 21.1 Å². The SMILES string of the molecule is Oc1ccc(-c2cc3cc(Cl)ccc3o2)cc1F. The van der Waals surface area contributed by atoms with Crippen molar-refractivity contribution in [2.24, 2.45) is 0 Å². The first kappa shape index (κ1) is 11.1. The van der Waals surface area contributed by atoms with Gasteiger partial charge in [-0.25, -0.2) is 4.39 Å². The Morgan fingerprint density at radius 2 is 1.89 bits per heavy atom. The lowest BCUT2D eigenvalue weighted by molar-refractivity contribution is 0.432. The number of phenols is 1. The number of rotatable bonds is 1. The Morgan fingerprint density at radius 3 is 2.67 bits per heavy atom. The molecule has 0 saturated carbocycles. The molecule has 4 heteroatoms. The summed E-state index contributed by atoms with van der Waals surface area (Å²) in [5.74, 6) is -0.518. The predicted octanol–water partition coefficient (Wildman–Crippen LogP) is 4.60. The van der Waals surface area contributed by atoms with Crippen LogP contribution < -0.4 is 0 Å². The first-order chi connectivity index (χ1) is 8.63. The minimum atomic E-state index is -0.675. The zero-order valence-corrected chi connectivity index (χ0v) is 9.91. The van der Waals surface area contributed by atoms with Crippen LogP contribution in [0.4, 0.5) is 4.39 Å². The summed E-state index contributed by atoms with van der Waals surface area (Å²) in [6, 6.07) is 11.2. The molecule has 0 atom stereocenters. The van der Waals surface area contributed by atoms with E-state index >= 15 is 0 Å². The fourth-order valence-electron chi connectivity index (χ4n) is 1.82. The molecule has 3 aromatic rings. The number of halogens is 2. The topological polar surface area (TPSA) is 33.4 Å². The van der Waals surface area contributed by atoms with Crippen LogP contribution in [0.2, 0.25) is 5.02 Å². The minimum Gasteiger partial charge on any atom is -0.505 e. The number of hydrogen-bond acceptors (Lipinski definition) is 2. The van der Waals surface area contributed by atoms with Crippen LogP contribution in [-0.2, 0) is 0 Å². The normalized spacial score (nSPS) is 11.0. The third-order valence-corrected chi connectivity index (χ3v) is 2.95. The highest BCUT2D eigenvalue weighted by molar-refractivity contribution is 6.31. The fraction of sp³-hybridized carbons (Fsp3) is 0. The van der Waals surface area contributed by atoms with Gasteiger partial charge in [-0.3, -0.25) is 0 Å². The highest BCUT2D eigenvalue weighted by Crippen LogP contribution is 2.31. The first-order valence-corrected chi connectivity index (χ1v) is 5.69. The average Bonchev–Trinajstić information content (AvgIpc) is 2.75. The smallest absolute Gasteiger partial charge is 0.165 e. The van der Waals surface area contributed by atoms with Gasteiger partial charge in [0.1, 0.15) is 11.3 Å². The maximum Gasteiger partial charge on any atom is 0.165 e. The lowest BCUT2D eigenvalue weighted by Gasteiger charge is -1.98. The molecule has 90 valence electrons. The molecule has 0 spiro atoms. The third-order valence-electron chi connectivity index (χ3n) is 2.71. The maximum atomic E-state index is 13.3. The van der Waals surface area contributed by atoms with E-state index in [1.165, 1.54) is 12.1 Å². The molecule has 0 bridgehead atoms. The summed E-state index contributed by atoms with van der Waals surface area (Å²) in [6.07, 6.45) is 0. The molecule has 0 unspecified atom stereocenters. The van der Waals surface area contributed by atoms with E-state index in [9.17, 15) is 4.39 Å². The van der Waals surface area contributed by atoms with Crippen molar-refractivity contribution in [3.63, 3.8) is 0 Å². The summed E-state index contributed by atoms with van der Waals surface area (Å²) in [5.41, 5.74) is 1.25. The second kappa shape index (κ2) is 4.03. The lowest BCUT2D eigenvalue weighted by atomic mass is 10.1. The van der Waals surface area contributed by atoms with E-state index < -0.39 is 5.82 Å². The van der Waals surface area contributed by atoms with Crippen molar-refractivity contribution < 1.29 is 13.9 Å². The molecule has 1 heterocycles. The Morgan fingerprint density at radius 1 is 1.06 bits per heavy atom. The molecule has 0 radical (unpaired) electrons. The Labute approximate surface area is 107 Å². The van der Waals surface area contributed by atoms with E-state index in [0.717, 1.165) is 5.39 Å². The van der Waals surface area contributed by atoms with Gasteiger partial charge in [0.2, 0.25) is 0 Å². The molecular formula is C14H8ClFO2. The van der Waals surface area contributed by atoms with Crippen LogP contribution in [0.5, 0.6) is 5.75 Å². The van der Waals surface area contributed by atoms with Gasteiger partial charge in [-0.1, -0.05) is 11.6 Å². The van der Waals surface area contributed by atoms with E-state index in [1.54, 1.807) is 30.3 Å². The van der Waals surface area contributed by atoms with Gasteiger partial charge in [0, 0.05) is 16.0 Å². The van der Waals surface area contributed by atoms with E-state index in [2.05, 4.69) is 0 Å². The van der Waals surface area contributed by atoms with Crippen molar-refractivity contribution in [2.75, 3.05) is 0 Å². The highest BCUT2D eigenvalue weighted by atomic mass is 35.5. The van der Waals surface area contributed by atoms with Gasteiger partial charge in [-0.2, -0.15) is 0 Å². The van der Waals surface area contributed by atoms with Crippen molar-refractivity contribution in [1.29, 1.82) is 0 Å². The lowest BCUT2D eigenvalue weighted by Crippen LogP contribution is -1.78. The number of furan rings is 1. The molecule has 0 amide bonds. The standard InChI is InChI=1S/C14H8ClFO2/c15-10-2-4-13-9(5-10)7-14(18-13)8-1-3-12(17)11(16)6-8/h1-7,17H. The molecule has 2 nitrogen and oxygen atoms in total. The number of aromatic hydroxyl groups is 1. The van der Waals surface area contributed by atoms with Gasteiger partial charge in [0.25, 0.3) is 0 Å². The Bertz CT molecular complexity index is 734. The molecule has 0 aliphatic rings. The summed E-state index contributed by atoms with van der Waals surface area (Å²) >= 11 is 5.89. The molecule has 1 N–H and O–H groups in total. The van der Waals surface area contributed by atoms with E-state index in [0.29, 0.717) is 21.9 Å². The van der Waals surface area contributed by atoms with Crippen molar-refractivity contribution >= 4 is 22.6 Å². The Balaban J connectivity index is 2.16. The van der Waals surface area contributed by atoms with Gasteiger partial charge in [-0.15, -0.1) is 0 Å². The molecule has 3 rings (SSSR count). The number of benzene rings is 2. The van der Waals surface area contributed by atoms with Crippen LogP contribution in [0.1, 0.15) is 0 Å². The van der Waals surface area contributed by atoms with Crippen LogP contribution in [0.3, 0.4) is 0 Å². The van der Waals surface area contributed by atoms with Crippen molar-refractivity contribution in [3.05, 3.63) is 53.3 Å². The van der Waals surface area contributed by atoms with Gasteiger partial charge in [0.15, 0.2) is 11.6 Å². The molecule has 0 saturated heterocycles. The van der Waals surface area contributed by atoms with Crippen LogP contribution in [0.25, 0.3) is 22.3 Å². The molecule has 18 heavy (non-hydrogen) atoms. The molecular weight excluding hydrogens is 255 g/mol. The van der Waals surface area contributed by atoms with Gasteiger partial charge >= 0.3 is 0 Å². The summed E-state index contributed by atoms with van der Waals surface area (Å²) in [7, 11) is 0. The third kappa shape index (κ3) is 1.83. The van der Waals surface area contributed by atoms with Crippen molar-refractivity contribution in [2.45, 2.75) is 0 Å². The molecule has 0 aliphatic carbocycles. The van der Waals surface area contributed by atoms with Gasteiger partial charge in [-0.05, 0) is 42.5 Å². The average molecular weight is 263 g/mol. The Hall–Kier alpha value is -2.00. The number of hydrogen-bond donors (Lipinski definition) is 1.